The highest BCUT2D eigenvalue weighted by Gasteiger charge is 2.13. The van der Waals surface area contributed by atoms with Gasteiger partial charge in [0.1, 0.15) is 5.01 Å². The molecule has 0 aromatic carbocycles. The normalized spacial score (nSPS) is 11.2. The Hall–Kier alpha value is -2.23. The van der Waals surface area contributed by atoms with E-state index in [0.717, 1.165) is 46.6 Å². The molecule has 0 atom stereocenters. The summed E-state index contributed by atoms with van der Waals surface area (Å²) < 4.78 is 1.92. The quantitative estimate of drug-likeness (QED) is 0.523. The van der Waals surface area contributed by atoms with E-state index in [1.54, 1.807) is 23.7 Å². The van der Waals surface area contributed by atoms with Crippen molar-refractivity contribution in [3.05, 3.63) is 56.7 Å². The van der Waals surface area contributed by atoms with Crippen molar-refractivity contribution < 1.29 is 0 Å². The van der Waals surface area contributed by atoms with Gasteiger partial charge in [-0.15, -0.1) is 11.3 Å². The molecule has 0 saturated carbocycles. The van der Waals surface area contributed by atoms with Crippen molar-refractivity contribution in [2.45, 2.75) is 19.2 Å². The van der Waals surface area contributed by atoms with Gasteiger partial charge in [-0.1, -0.05) is 6.07 Å². The van der Waals surface area contributed by atoms with Gasteiger partial charge in [0.15, 0.2) is 0 Å². The fraction of sp³-hybridized carbons (Fsp3) is 0.400. The van der Waals surface area contributed by atoms with Gasteiger partial charge in [0, 0.05) is 60.7 Å². The third-order valence-electron chi connectivity index (χ3n) is 4.38. The molecule has 0 fully saturated rings. The van der Waals surface area contributed by atoms with Gasteiger partial charge in [-0.05, 0) is 27.1 Å². The first-order chi connectivity index (χ1) is 14.0. The highest BCUT2D eigenvalue weighted by atomic mass is 32.2. The highest BCUT2D eigenvalue weighted by Crippen LogP contribution is 2.20. The SMILES string of the molecule is Cc1c(-c2cccnc2)c(=O)nc(NCCSCc2csc(CN(C)C)n2)n1C. The summed E-state index contributed by atoms with van der Waals surface area (Å²) in [5.74, 6) is 2.37. The molecule has 0 aliphatic carbocycles. The number of nitrogens with one attached hydrogen (secondary N) is 1. The number of thioether (sulfide) groups is 1. The van der Waals surface area contributed by atoms with Crippen molar-refractivity contribution in [1.29, 1.82) is 0 Å². The molecule has 3 aromatic rings. The third kappa shape index (κ3) is 5.65. The Morgan fingerprint density at radius 1 is 1.31 bits per heavy atom. The number of anilines is 1. The molecule has 0 saturated heterocycles. The lowest BCUT2D eigenvalue weighted by atomic mass is 10.1. The monoisotopic (exact) mass is 430 g/mol. The third-order valence-corrected chi connectivity index (χ3v) is 6.26. The van der Waals surface area contributed by atoms with Gasteiger partial charge in [0.25, 0.3) is 5.56 Å². The van der Waals surface area contributed by atoms with Crippen LogP contribution in [0.2, 0.25) is 0 Å². The van der Waals surface area contributed by atoms with E-state index in [1.807, 2.05) is 56.5 Å². The Kier molecular flexibility index (Phi) is 7.40. The van der Waals surface area contributed by atoms with Gasteiger partial charge < -0.3 is 14.8 Å². The van der Waals surface area contributed by atoms with Crippen LogP contribution in [0.25, 0.3) is 11.1 Å². The molecule has 29 heavy (non-hydrogen) atoms. The minimum atomic E-state index is -0.236. The van der Waals surface area contributed by atoms with E-state index in [-0.39, 0.29) is 5.56 Å². The maximum Gasteiger partial charge on any atom is 0.282 e. The summed E-state index contributed by atoms with van der Waals surface area (Å²) in [5, 5.41) is 6.56. The molecule has 0 bridgehead atoms. The van der Waals surface area contributed by atoms with Gasteiger partial charge in [0.05, 0.1) is 11.3 Å². The molecule has 1 N–H and O–H groups in total. The zero-order chi connectivity index (χ0) is 20.8. The Morgan fingerprint density at radius 2 is 2.14 bits per heavy atom. The summed E-state index contributed by atoms with van der Waals surface area (Å²) in [6.07, 6.45) is 3.39. The molecular formula is C20H26N6OS2. The number of hydrogen-bond acceptors (Lipinski definition) is 8. The first kappa shape index (κ1) is 21.5. The molecule has 154 valence electrons. The standard InChI is InChI=1S/C20H26N6OS2/c1-14-18(15-6-5-7-21-10-15)19(27)24-20(26(14)4)22-8-9-28-12-16-13-29-17(23-16)11-25(2)3/h5-7,10,13H,8-9,11-12H2,1-4H3,(H,22,24,27). The number of hydrogen-bond donors (Lipinski definition) is 1. The Bertz CT molecular complexity index is 1000. The van der Waals surface area contributed by atoms with E-state index >= 15 is 0 Å². The summed E-state index contributed by atoms with van der Waals surface area (Å²) in [7, 11) is 6.01. The van der Waals surface area contributed by atoms with E-state index in [4.69, 9.17) is 0 Å². The van der Waals surface area contributed by atoms with E-state index in [2.05, 4.69) is 30.5 Å². The Morgan fingerprint density at radius 3 is 2.86 bits per heavy atom. The molecule has 0 spiro atoms. The van der Waals surface area contributed by atoms with Crippen LogP contribution in [0.1, 0.15) is 16.4 Å². The molecule has 0 unspecified atom stereocenters. The van der Waals surface area contributed by atoms with Crippen LogP contribution in [0, 0.1) is 6.92 Å². The van der Waals surface area contributed by atoms with Crippen molar-refractivity contribution in [3.8, 4) is 11.1 Å². The van der Waals surface area contributed by atoms with Gasteiger partial charge in [0.2, 0.25) is 5.95 Å². The molecule has 9 heteroatoms. The maximum absolute atomic E-state index is 12.6. The van der Waals surface area contributed by atoms with Crippen LogP contribution < -0.4 is 10.9 Å². The highest BCUT2D eigenvalue weighted by molar-refractivity contribution is 7.98. The second-order valence-corrected chi connectivity index (χ2v) is 9.00. The van der Waals surface area contributed by atoms with Gasteiger partial charge in [-0.2, -0.15) is 16.7 Å². The molecule has 0 amide bonds. The Labute approximate surface area is 179 Å². The number of aromatic nitrogens is 4. The zero-order valence-corrected chi connectivity index (χ0v) is 18.8. The largest absolute Gasteiger partial charge is 0.355 e. The van der Waals surface area contributed by atoms with Crippen LogP contribution in [0.5, 0.6) is 0 Å². The van der Waals surface area contributed by atoms with Crippen LogP contribution in [0.4, 0.5) is 5.95 Å². The van der Waals surface area contributed by atoms with Crippen molar-refractivity contribution in [1.82, 2.24) is 24.4 Å². The molecule has 0 radical (unpaired) electrons. The van der Waals surface area contributed by atoms with E-state index < -0.39 is 0 Å². The average molecular weight is 431 g/mol. The van der Waals surface area contributed by atoms with Crippen molar-refractivity contribution in [3.63, 3.8) is 0 Å². The summed E-state index contributed by atoms with van der Waals surface area (Å²) in [6.45, 7) is 3.54. The lowest BCUT2D eigenvalue weighted by Gasteiger charge is -2.15. The summed E-state index contributed by atoms with van der Waals surface area (Å²) in [5.41, 5.74) is 3.14. The van der Waals surface area contributed by atoms with Gasteiger partial charge in [-0.3, -0.25) is 9.78 Å². The molecule has 7 nitrogen and oxygen atoms in total. The predicted octanol–water partition coefficient (Wildman–Crippen LogP) is 3.01. The van der Waals surface area contributed by atoms with Gasteiger partial charge >= 0.3 is 0 Å². The summed E-state index contributed by atoms with van der Waals surface area (Å²) >= 11 is 3.53. The predicted molar refractivity (Wildman–Crippen MR) is 122 cm³/mol. The fourth-order valence-electron chi connectivity index (χ4n) is 2.88. The summed E-state index contributed by atoms with van der Waals surface area (Å²) in [6, 6.07) is 3.70. The van der Waals surface area contributed by atoms with Gasteiger partial charge in [-0.25, -0.2) is 4.98 Å². The van der Waals surface area contributed by atoms with Crippen molar-refractivity contribution >= 4 is 29.0 Å². The fourth-order valence-corrected chi connectivity index (χ4v) is 4.64. The first-order valence-corrected chi connectivity index (χ1v) is 11.4. The number of thiazole rings is 1. The van der Waals surface area contributed by atoms with E-state index in [9.17, 15) is 4.79 Å². The van der Waals surface area contributed by atoms with E-state index in [0.29, 0.717) is 11.5 Å². The van der Waals surface area contributed by atoms with Crippen LogP contribution in [0.15, 0.2) is 34.7 Å². The topological polar surface area (TPSA) is 75.9 Å². The molecule has 3 heterocycles. The van der Waals surface area contributed by atoms with E-state index in [1.165, 1.54) is 0 Å². The van der Waals surface area contributed by atoms with Crippen molar-refractivity contribution in [2.24, 2.45) is 7.05 Å². The van der Waals surface area contributed by atoms with Crippen LogP contribution >= 0.6 is 23.1 Å². The van der Waals surface area contributed by atoms with Crippen LogP contribution in [-0.2, 0) is 19.3 Å². The summed E-state index contributed by atoms with van der Waals surface area (Å²) in [4.78, 5) is 27.7. The lowest BCUT2D eigenvalue weighted by molar-refractivity contribution is 0.401. The van der Waals surface area contributed by atoms with Crippen molar-refractivity contribution in [2.75, 3.05) is 31.7 Å². The Balaban J connectivity index is 1.55. The minimum absolute atomic E-state index is 0.236. The lowest BCUT2D eigenvalue weighted by Crippen LogP contribution is -2.22. The smallest absolute Gasteiger partial charge is 0.282 e. The number of rotatable bonds is 9. The molecule has 0 aliphatic heterocycles. The molecule has 0 aliphatic rings. The number of pyridine rings is 1. The second-order valence-electron chi connectivity index (χ2n) is 6.95. The second kappa shape index (κ2) is 10.00. The first-order valence-electron chi connectivity index (χ1n) is 9.33. The average Bonchev–Trinajstić information content (AvgIpc) is 3.12. The maximum atomic E-state index is 12.6. The molecule has 3 rings (SSSR count). The van der Waals surface area contributed by atoms with Crippen LogP contribution in [0.3, 0.4) is 0 Å². The zero-order valence-electron chi connectivity index (χ0n) is 17.2. The minimum Gasteiger partial charge on any atom is -0.355 e. The number of nitrogens with zero attached hydrogens (tertiary/aromatic N) is 5. The molecule has 3 aromatic heterocycles. The van der Waals surface area contributed by atoms with Crippen LogP contribution in [-0.4, -0.2) is 50.8 Å². The molecular weight excluding hydrogens is 404 g/mol.